The number of nitriles is 1. The predicted octanol–water partition coefficient (Wildman–Crippen LogP) is -7.26. The summed E-state index contributed by atoms with van der Waals surface area (Å²) in [7, 11) is -10.8. The molecule has 0 aliphatic rings. The van der Waals surface area contributed by atoms with Gasteiger partial charge in [0.05, 0.1) is 6.07 Å². The van der Waals surface area contributed by atoms with Crippen LogP contribution in [0.3, 0.4) is 0 Å². The second-order valence-electron chi connectivity index (χ2n) is 1.36. The summed E-state index contributed by atoms with van der Waals surface area (Å²) in [6, 6.07) is 1.75. The molecular weight excluding hydrogens is 592 g/mol. The molecular formula is C2H5KN2O11P2Sr3. The van der Waals surface area contributed by atoms with E-state index in [9.17, 15) is 0 Å². The molecule has 0 aliphatic heterocycles. The Morgan fingerprint density at radius 2 is 0.952 bits per heavy atom. The van der Waals surface area contributed by atoms with Crippen molar-refractivity contribution >= 4 is 203 Å². The second kappa shape index (κ2) is 32.6. The fraction of sp³-hybridized carbons (Fsp3) is 0.500. The Labute approximate surface area is 273 Å². The zero-order valence-electron chi connectivity index (χ0n) is 9.94. The molecule has 0 saturated carbocycles. The monoisotopic (exact) mass is 598 g/mol. The van der Waals surface area contributed by atoms with E-state index in [0.29, 0.717) is 0 Å². The van der Waals surface area contributed by atoms with Gasteiger partial charge >= 0.3 is 188 Å². The Kier molecular flexibility index (Phi) is 78.0. The Hall–Kier alpha value is 4.99. The molecule has 0 aromatic heterocycles. The van der Waals surface area contributed by atoms with Crippen LogP contribution in [0, 0.1) is 21.4 Å². The molecule has 0 radical (unpaired) electrons. The van der Waals surface area contributed by atoms with E-state index in [0.717, 1.165) is 0 Å². The third-order valence-electron chi connectivity index (χ3n) is 0. The molecule has 21 heavy (non-hydrogen) atoms. The van der Waals surface area contributed by atoms with Crippen LogP contribution >= 0.6 is 15.6 Å². The molecule has 0 aliphatic carbocycles. The maximum Gasteiger partial charge on any atom is 2.00 e. The minimum atomic E-state index is -5.39. The van der Waals surface area contributed by atoms with Gasteiger partial charge in [0, 0.05) is 6.92 Å². The number of nitrogens with zero attached hydrogens (tertiary/aromatic N) is 2. The van der Waals surface area contributed by atoms with Gasteiger partial charge in [0.15, 0.2) is 0 Å². The van der Waals surface area contributed by atoms with Crippen molar-refractivity contribution in [3.8, 4) is 6.07 Å². The van der Waals surface area contributed by atoms with Crippen LogP contribution in [-0.4, -0.2) is 198 Å². The molecule has 0 spiro atoms. The first-order valence-corrected chi connectivity index (χ1v) is 5.67. The van der Waals surface area contributed by atoms with Crippen LogP contribution in [-0.2, 0) is 9.13 Å². The van der Waals surface area contributed by atoms with E-state index < -0.39 is 20.7 Å². The number of rotatable bonds is 0. The van der Waals surface area contributed by atoms with Gasteiger partial charge in [-0.2, -0.15) is 20.9 Å². The quantitative estimate of drug-likeness (QED) is 0.118. The van der Waals surface area contributed by atoms with Crippen molar-refractivity contribution in [2.75, 3.05) is 0 Å². The smallest absolute Gasteiger partial charge is 2.00 e. The van der Waals surface area contributed by atoms with E-state index in [1.165, 1.54) is 6.92 Å². The van der Waals surface area contributed by atoms with Crippen LogP contribution < -0.4 is 29.4 Å². The Morgan fingerprint density at radius 3 is 0.952 bits per heavy atom. The van der Waals surface area contributed by atoms with Gasteiger partial charge in [0.25, 0.3) is 5.09 Å². The average Bonchev–Trinajstić information content (AvgIpc) is 1.74. The molecule has 0 atom stereocenters. The molecule has 0 fully saturated rings. The molecule has 0 saturated heterocycles. The number of phosphoric acid groups is 2. The first kappa shape index (κ1) is 50.1. The van der Waals surface area contributed by atoms with Crippen LogP contribution in [0.5, 0.6) is 0 Å². The number of hydrogen-bond acceptors (Lipinski definition) is 11. The van der Waals surface area contributed by atoms with Crippen molar-refractivity contribution < 1.29 is 48.8 Å². The van der Waals surface area contributed by atoms with Gasteiger partial charge in [-0.15, -0.1) is 10.1 Å². The number of hydrogen-bond donors (Lipinski definition) is 1. The van der Waals surface area contributed by atoms with Crippen LogP contribution in [0.1, 0.15) is 6.92 Å². The predicted molar refractivity (Wildman–Crippen MR) is 59.7 cm³/mol. The molecule has 0 aromatic carbocycles. The molecule has 0 bridgehead atoms. The van der Waals surface area contributed by atoms with Gasteiger partial charge in [-0.1, -0.05) is 0 Å². The third-order valence-corrected chi connectivity index (χ3v) is 0. The standard InChI is InChI=1S/C2H3N.K.HNO3.2H3O4P.3Sr.H/c1-2-3;;2-1(3)4;2*1-5(2,3)4;;;;/h1H3;;(H,2,3,4);2*(H3,1,2,3,4);;;;/q;;;;;3*+2;/p-6. The fourth-order valence-corrected chi connectivity index (χ4v) is 0. The van der Waals surface area contributed by atoms with Crippen molar-refractivity contribution in [2.24, 2.45) is 0 Å². The first-order valence-electron chi connectivity index (χ1n) is 2.75. The Morgan fingerprint density at radius 1 is 0.952 bits per heavy atom. The summed E-state index contributed by atoms with van der Waals surface area (Å²) < 4.78 is 17.1. The molecule has 106 valence electrons. The zero-order valence-corrected chi connectivity index (χ0v) is 22.2. The SMILES string of the molecule is CC#N.O=P([O-])([O-])[O-].O=P([O-])([O-])[O-].O=[N+]([O-])O.[KH].[Sr+2].[Sr+2].[Sr+2]. The molecule has 0 rings (SSSR count). The second-order valence-corrected chi connectivity index (χ2v) is 3.14. The molecule has 13 nitrogen and oxygen atoms in total. The van der Waals surface area contributed by atoms with Crippen molar-refractivity contribution in [3.05, 3.63) is 10.1 Å². The summed E-state index contributed by atoms with van der Waals surface area (Å²) >= 11 is 0. The van der Waals surface area contributed by atoms with E-state index >= 15 is 0 Å². The molecule has 0 heterocycles. The molecule has 0 aromatic rings. The van der Waals surface area contributed by atoms with Crippen LogP contribution in [0.25, 0.3) is 0 Å². The van der Waals surface area contributed by atoms with Crippen molar-refractivity contribution in [2.45, 2.75) is 6.92 Å². The van der Waals surface area contributed by atoms with Gasteiger partial charge in [-0.25, -0.2) is 0 Å². The molecule has 1 N–H and O–H groups in total. The summed E-state index contributed by atoms with van der Waals surface area (Å²) in [4.78, 5) is 59.7. The summed E-state index contributed by atoms with van der Waals surface area (Å²) in [5.41, 5.74) is 0. The van der Waals surface area contributed by atoms with E-state index in [-0.39, 0.29) is 188 Å². The van der Waals surface area contributed by atoms with Gasteiger partial charge in [-0.05, 0) is 0 Å². The normalized spacial score (nSPS) is 7.14. The minimum absolute atomic E-state index is 0. The largest absolute Gasteiger partial charge is 2.00 e. The van der Waals surface area contributed by atoms with Gasteiger partial charge in [0.2, 0.25) is 0 Å². The van der Waals surface area contributed by atoms with Crippen molar-refractivity contribution in [1.29, 1.82) is 5.26 Å². The van der Waals surface area contributed by atoms with E-state index in [2.05, 4.69) is 0 Å². The van der Waals surface area contributed by atoms with Gasteiger partial charge in [-0.3, -0.25) is 0 Å². The van der Waals surface area contributed by atoms with Crippen LogP contribution in [0.15, 0.2) is 0 Å². The minimum Gasteiger partial charge on any atom is 2.00 e. The molecule has 0 amide bonds. The maximum absolute atomic E-state index is 8.55. The maximum atomic E-state index is 8.55. The topological polar surface area (TPSA) is 260 Å². The van der Waals surface area contributed by atoms with E-state index in [4.69, 9.17) is 59.1 Å². The average molecular weight is 597 g/mol. The zero-order chi connectivity index (χ0) is 15.3. The van der Waals surface area contributed by atoms with Gasteiger partial charge in [0.1, 0.15) is 0 Å². The first-order chi connectivity index (χ1) is 7.15. The summed E-state index contributed by atoms with van der Waals surface area (Å²) in [6.45, 7) is 1.43. The van der Waals surface area contributed by atoms with Gasteiger partial charge < -0.3 is 43.7 Å². The Bertz CT molecular complexity index is 285. The summed E-state index contributed by atoms with van der Waals surface area (Å²) in [6.07, 6.45) is 0. The van der Waals surface area contributed by atoms with Crippen LogP contribution in [0.4, 0.5) is 0 Å². The molecule has 19 heteroatoms. The summed E-state index contributed by atoms with van der Waals surface area (Å²) in [5.74, 6) is 0. The fourth-order valence-electron chi connectivity index (χ4n) is 0. The third kappa shape index (κ3) is 531. The summed E-state index contributed by atoms with van der Waals surface area (Å²) in [5, 5.41) is 21.0. The Balaban J connectivity index is -0.0000000171. The molecule has 0 unspecified atom stereocenters. The van der Waals surface area contributed by atoms with E-state index in [1.54, 1.807) is 6.07 Å². The van der Waals surface area contributed by atoms with Crippen LogP contribution in [0.2, 0.25) is 0 Å². The van der Waals surface area contributed by atoms with E-state index in [1.807, 2.05) is 0 Å². The van der Waals surface area contributed by atoms with Crippen molar-refractivity contribution in [1.82, 2.24) is 0 Å². The van der Waals surface area contributed by atoms with Crippen molar-refractivity contribution in [3.63, 3.8) is 0 Å².